The molecule has 2 aromatic carbocycles. The average Bonchev–Trinajstić information content (AvgIpc) is 3.47. The summed E-state index contributed by atoms with van der Waals surface area (Å²) in [5.74, 6) is -0.177. The maximum absolute atomic E-state index is 12.8. The van der Waals surface area contributed by atoms with Crippen LogP contribution in [0.15, 0.2) is 48.5 Å². The van der Waals surface area contributed by atoms with E-state index >= 15 is 0 Å². The minimum Gasteiger partial charge on any atom is -0.285 e. The van der Waals surface area contributed by atoms with Crippen LogP contribution in [0.3, 0.4) is 0 Å². The van der Waals surface area contributed by atoms with E-state index in [0.717, 1.165) is 24.1 Å². The summed E-state index contributed by atoms with van der Waals surface area (Å²) in [6, 6.07) is 14.9. The Bertz CT molecular complexity index is 871. The molecule has 2 fully saturated rings. The molecule has 1 saturated carbocycles. The monoisotopic (exact) mass is 403 g/mol. The number of carbonyl (C=O) groups excluding carboxylic acids is 2. The number of para-hydroxylation sites is 1. The van der Waals surface area contributed by atoms with Crippen molar-refractivity contribution in [1.82, 2.24) is 9.80 Å². The molecule has 0 N–H and O–H groups in total. The van der Waals surface area contributed by atoms with Crippen LogP contribution in [0.5, 0.6) is 0 Å². The quantitative estimate of drug-likeness (QED) is 0.671. The molecular weight excluding hydrogens is 385 g/mol. The van der Waals surface area contributed by atoms with Gasteiger partial charge in [0.1, 0.15) is 6.54 Å². The number of anilines is 1. The number of nitrogens with zero attached hydrogens (tertiary/aromatic N) is 3. The Hall–Kier alpha value is -2.08. The van der Waals surface area contributed by atoms with Crippen molar-refractivity contribution in [3.63, 3.8) is 0 Å². The zero-order valence-electron chi connectivity index (χ0n) is 14.6. The van der Waals surface area contributed by atoms with Gasteiger partial charge in [-0.05, 0) is 42.7 Å². The van der Waals surface area contributed by atoms with Gasteiger partial charge in [0.05, 0.1) is 16.7 Å². The van der Waals surface area contributed by atoms with E-state index in [4.69, 9.17) is 23.2 Å². The molecule has 2 aliphatic rings. The van der Waals surface area contributed by atoms with Crippen LogP contribution in [0.4, 0.5) is 10.5 Å². The van der Waals surface area contributed by atoms with Crippen molar-refractivity contribution in [2.45, 2.75) is 25.4 Å². The molecule has 140 valence electrons. The Morgan fingerprint density at radius 3 is 2.41 bits per heavy atom. The number of imide groups is 1. The number of hydrogen-bond acceptors (Lipinski definition) is 3. The van der Waals surface area contributed by atoms with E-state index in [0.29, 0.717) is 22.6 Å². The van der Waals surface area contributed by atoms with Crippen molar-refractivity contribution < 1.29 is 9.59 Å². The first kappa shape index (κ1) is 18.3. The molecule has 1 saturated heterocycles. The summed E-state index contributed by atoms with van der Waals surface area (Å²) >= 11 is 12.1. The number of carbonyl (C=O) groups is 2. The van der Waals surface area contributed by atoms with Crippen molar-refractivity contribution in [2.75, 3.05) is 18.1 Å². The van der Waals surface area contributed by atoms with Crippen LogP contribution in [0, 0.1) is 0 Å². The van der Waals surface area contributed by atoms with Gasteiger partial charge in [0.2, 0.25) is 0 Å². The number of amides is 3. The maximum atomic E-state index is 12.8. The molecule has 7 heteroatoms. The largest absolute Gasteiger partial charge is 0.332 e. The predicted octanol–water partition coefficient (Wildman–Crippen LogP) is 4.38. The fourth-order valence-corrected chi connectivity index (χ4v) is 3.60. The summed E-state index contributed by atoms with van der Waals surface area (Å²) in [4.78, 5) is 30.3. The topological polar surface area (TPSA) is 43.9 Å². The molecule has 0 radical (unpaired) electrons. The first-order chi connectivity index (χ1) is 13.0. The zero-order valence-corrected chi connectivity index (χ0v) is 16.2. The normalized spacial score (nSPS) is 17.3. The fraction of sp³-hybridized carbons (Fsp3) is 0.300. The molecule has 0 aromatic heterocycles. The Morgan fingerprint density at radius 2 is 1.74 bits per heavy atom. The molecule has 27 heavy (non-hydrogen) atoms. The van der Waals surface area contributed by atoms with Gasteiger partial charge in [-0.2, -0.15) is 0 Å². The van der Waals surface area contributed by atoms with Gasteiger partial charge in [-0.15, -0.1) is 0 Å². The Kier molecular flexibility index (Phi) is 5.08. The lowest BCUT2D eigenvalue weighted by atomic mass is 10.2. The van der Waals surface area contributed by atoms with Crippen molar-refractivity contribution in [2.24, 2.45) is 0 Å². The molecular formula is C20H19Cl2N3O2. The Morgan fingerprint density at radius 1 is 1.00 bits per heavy atom. The first-order valence-corrected chi connectivity index (χ1v) is 9.63. The Balaban J connectivity index is 1.49. The van der Waals surface area contributed by atoms with Gasteiger partial charge < -0.3 is 0 Å². The minimum atomic E-state index is -0.272. The van der Waals surface area contributed by atoms with Crippen LogP contribution in [-0.2, 0) is 11.3 Å². The molecule has 0 spiro atoms. The minimum absolute atomic E-state index is 0.0775. The molecule has 1 aliphatic carbocycles. The van der Waals surface area contributed by atoms with E-state index in [2.05, 4.69) is 4.90 Å². The molecule has 1 aliphatic heterocycles. The second-order valence-corrected chi connectivity index (χ2v) is 7.71. The summed E-state index contributed by atoms with van der Waals surface area (Å²) < 4.78 is 0. The highest BCUT2D eigenvalue weighted by Crippen LogP contribution is 2.31. The Labute approximate surface area is 168 Å². The van der Waals surface area contributed by atoms with Gasteiger partial charge in [-0.1, -0.05) is 47.5 Å². The highest BCUT2D eigenvalue weighted by atomic mass is 35.5. The second kappa shape index (κ2) is 7.50. The average molecular weight is 404 g/mol. The molecule has 0 unspecified atom stereocenters. The number of rotatable bonds is 6. The zero-order chi connectivity index (χ0) is 19.0. The molecule has 0 bridgehead atoms. The van der Waals surface area contributed by atoms with Crippen LogP contribution in [0.1, 0.15) is 18.4 Å². The van der Waals surface area contributed by atoms with E-state index in [1.807, 2.05) is 42.5 Å². The standard InChI is InChI=1S/C20H19Cl2N3O2/c21-17-9-6-14(10-18(17)22)11-23(15-7-8-15)13-25-19(26)12-24(20(25)27)16-4-2-1-3-5-16/h1-6,9-10,15H,7-8,11-13H2. The lowest BCUT2D eigenvalue weighted by Crippen LogP contribution is -2.43. The van der Waals surface area contributed by atoms with Gasteiger partial charge in [0.25, 0.3) is 5.91 Å². The highest BCUT2D eigenvalue weighted by molar-refractivity contribution is 6.42. The summed E-state index contributed by atoms with van der Waals surface area (Å²) in [5.41, 5.74) is 1.75. The van der Waals surface area contributed by atoms with Crippen LogP contribution in [0.25, 0.3) is 0 Å². The SMILES string of the molecule is O=C1CN(c2ccccc2)C(=O)N1CN(Cc1ccc(Cl)c(Cl)c1)C1CC1. The smallest absolute Gasteiger partial charge is 0.285 e. The summed E-state index contributed by atoms with van der Waals surface area (Å²) in [5, 5.41) is 1.02. The maximum Gasteiger partial charge on any atom is 0.332 e. The van der Waals surface area contributed by atoms with Crippen molar-refractivity contribution in [3.05, 3.63) is 64.1 Å². The van der Waals surface area contributed by atoms with E-state index in [-0.39, 0.29) is 25.2 Å². The lowest BCUT2D eigenvalue weighted by molar-refractivity contribution is -0.126. The third-order valence-corrected chi connectivity index (χ3v) is 5.62. The van der Waals surface area contributed by atoms with Crippen LogP contribution < -0.4 is 4.90 Å². The number of halogens is 2. The molecule has 4 rings (SSSR count). The van der Waals surface area contributed by atoms with Gasteiger partial charge in [0, 0.05) is 18.3 Å². The van der Waals surface area contributed by atoms with Crippen molar-refractivity contribution >= 4 is 40.8 Å². The van der Waals surface area contributed by atoms with E-state index in [1.54, 1.807) is 6.07 Å². The third-order valence-electron chi connectivity index (χ3n) is 4.88. The summed E-state index contributed by atoms with van der Waals surface area (Å²) in [7, 11) is 0. The molecule has 2 aromatic rings. The lowest BCUT2D eigenvalue weighted by Gasteiger charge is -2.27. The number of urea groups is 1. The number of hydrogen-bond donors (Lipinski definition) is 0. The van der Waals surface area contributed by atoms with E-state index in [1.165, 1.54) is 9.80 Å². The summed E-state index contributed by atoms with van der Waals surface area (Å²) in [6.07, 6.45) is 2.14. The first-order valence-electron chi connectivity index (χ1n) is 8.88. The van der Waals surface area contributed by atoms with Crippen LogP contribution in [-0.4, -0.2) is 41.0 Å². The van der Waals surface area contributed by atoms with Crippen LogP contribution >= 0.6 is 23.2 Å². The van der Waals surface area contributed by atoms with Gasteiger partial charge in [0.15, 0.2) is 0 Å². The van der Waals surface area contributed by atoms with Gasteiger partial charge >= 0.3 is 6.03 Å². The van der Waals surface area contributed by atoms with E-state index < -0.39 is 0 Å². The van der Waals surface area contributed by atoms with Crippen LogP contribution in [0.2, 0.25) is 10.0 Å². The predicted molar refractivity (Wildman–Crippen MR) is 106 cm³/mol. The molecule has 5 nitrogen and oxygen atoms in total. The van der Waals surface area contributed by atoms with Gasteiger partial charge in [-0.3, -0.25) is 14.6 Å². The molecule has 1 heterocycles. The fourth-order valence-electron chi connectivity index (χ4n) is 3.28. The molecule has 3 amide bonds. The highest BCUT2D eigenvalue weighted by Gasteiger charge is 2.40. The van der Waals surface area contributed by atoms with Gasteiger partial charge in [-0.25, -0.2) is 9.69 Å². The number of benzene rings is 2. The van der Waals surface area contributed by atoms with Crippen molar-refractivity contribution in [1.29, 1.82) is 0 Å². The van der Waals surface area contributed by atoms with Crippen molar-refractivity contribution in [3.8, 4) is 0 Å². The second-order valence-electron chi connectivity index (χ2n) is 6.89. The van der Waals surface area contributed by atoms with E-state index in [9.17, 15) is 9.59 Å². The molecule has 0 atom stereocenters. The summed E-state index contributed by atoms with van der Waals surface area (Å²) in [6.45, 7) is 0.976. The third kappa shape index (κ3) is 3.95.